The zero-order valence-corrected chi connectivity index (χ0v) is 25.7. The Morgan fingerprint density at radius 1 is 0.386 bits per heavy atom. The van der Waals surface area contributed by atoms with Crippen LogP contribution in [0.15, 0.2) is 146 Å². The Labute approximate surface area is 264 Å². The maximum Gasteiger partial charge on any atom is 0.0355 e. The number of benzene rings is 6. The van der Waals surface area contributed by atoms with Crippen LogP contribution in [-0.4, -0.2) is 0 Å². The summed E-state index contributed by atoms with van der Waals surface area (Å²) in [6.07, 6.45) is 6.97. The maximum absolute atomic E-state index is 2.43. The van der Waals surface area contributed by atoms with Gasteiger partial charge in [0.15, 0.2) is 0 Å². The number of allylic oxidation sites excluding steroid dienone is 4. The molecule has 0 radical (unpaired) electrons. The van der Waals surface area contributed by atoms with Gasteiger partial charge in [-0.25, -0.2) is 0 Å². The van der Waals surface area contributed by atoms with Crippen LogP contribution in [-0.2, 0) is 0 Å². The predicted molar refractivity (Wildman–Crippen MR) is 195 cm³/mol. The molecule has 2 aromatic heterocycles. The van der Waals surface area contributed by atoms with E-state index in [0.29, 0.717) is 0 Å². The fourth-order valence-corrected chi connectivity index (χ4v) is 8.82. The summed E-state index contributed by atoms with van der Waals surface area (Å²) in [6.45, 7) is 0. The van der Waals surface area contributed by atoms with E-state index >= 15 is 0 Å². The molecule has 6 aromatic carbocycles. The van der Waals surface area contributed by atoms with Gasteiger partial charge in [-0.15, -0.1) is 22.7 Å². The van der Waals surface area contributed by atoms with E-state index in [1.807, 2.05) is 22.7 Å². The van der Waals surface area contributed by atoms with Crippen molar-refractivity contribution in [2.75, 3.05) is 0 Å². The molecule has 0 aliphatic heterocycles. The lowest BCUT2D eigenvalue weighted by molar-refractivity contribution is 1.06. The lowest BCUT2D eigenvalue weighted by atomic mass is 9.89. The number of hydrogen-bond acceptors (Lipinski definition) is 2. The van der Waals surface area contributed by atoms with Crippen molar-refractivity contribution in [1.29, 1.82) is 0 Å². The van der Waals surface area contributed by atoms with E-state index in [1.54, 1.807) is 0 Å². The molecule has 9 rings (SSSR count). The number of fused-ring (bicyclic) bond motifs is 6. The zero-order chi connectivity index (χ0) is 29.0. The van der Waals surface area contributed by atoms with Crippen molar-refractivity contribution in [1.82, 2.24) is 0 Å². The van der Waals surface area contributed by atoms with Gasteiger partial charge in [0.05, 0.1) is 0 Å². The molecule has 0 N–H and O–H groups in total. The Balaban J connectivity index is 1.10. The highest BCUT2D eigenvalue weighted by Gasteiger charge is 2.14. The first-order valence-corrected chi connectivity index (χ1v) is 16.9. The highest BCUT2D eigenvalue weighted by atomic mass is 32.1. The monoisotopic (exact) mass is 596 g/mol. The summed E-state index contributed by atoms with van der Waals surface area (Å²) in [7, 11) is 0. The van der Waals surface area contributed by atoms with Crippen LogP contribution in [0.5, 0.6) is 0 Å². The first-order chi connectivity index (χ1) is 21.8. The first kappa shape index (κ1) is 25.7. The predicted octanol–water partition coefficient (Wildman–Crippen LogP) is 13.0. The largest absolute Gasteiger partial charge is 0.135 e. The third kappa shape index (κ3) is 4.42. The van der Waals surface area contributed by atoms with E-state index in [2.05, 4.69) is 146 Å². The Bertz CT molecular complexity index is 2420. The van der Waals surface area contributed by atoms with Crippen LogP contribution in [0.25, 0.3) is 73.7 Å². The van der Waals surface area contributed by atoms with Crippen molar-refractivity contribution < 1.29 is 0 Å². The van der Waals surface area contributed by atoms with Crippen LogP contribution in [0, 0.1) is 0 Å². The van der Waals surface area contributed by atoms with E-state index < -0.39 is 0 Å². The van der Waals surface area contributed by atoms with Crippen molar-refractivity contribution in [2.24, 2.45) is 0 Å². The van der Waals surface area contributed by atoms with Gasteiger partial charge in [0, 0.05) is 40.3 Å². The van der Waals surface area contributed by atoms with E-state index in [1.165, 1.54) is 84.9 Å². The van der Waals surface area contributed by atoms with Gasteiger partial charge in [-0.2, -0.15) is 0 Å². The Morgan fingerprint density at radius 2 is 0.818 bits per heavy atom. The quantitative estimate of drug-likeness (QED) is 0.190. The molecule has 2 heterocycles. The summed E-state index contributed by atoms with van der Waals surface area (Å²) in [5, 5.41) is 5.41. The summed E-state index contributed by atoms with van der Waals surface area (Å²) in [5.41, 5.74) is 10.5. The lowest BCUT2D eigenvalue weighted by Crippen LogP contribution is -1.93. The molecule has 0 saturated carbocycles. The molecule has 0 nitrogen and oxygen atoms in total. The second-order valence-corrected chi connectivity index (χ2v) is 13.8. The third-order valence-corrected chi connectivity index (χ3v) is 11.3. The highest BCUT2D eigenvalue weighted by Crippen LogP contribution is 2.41. The van der Waals surface area contributed by atoms with Gasteiger partial charge in [-0.3, -0.25) is 0 Å². The second-order valence-electron chi connectivity index (χ2n) is 11.6. The van der Waals surface area contributed by atoms with E-state index in [-0.39, 0.29) is 0 Å². The van der Waals surface area contributed by atoms with Crippen molar-refractivity contribution >= 4 is 74.2 Å². The van der Waals surface area contributed by atoms with Crippen LogP contribution in [0.2, 0.25) is 0 Å². The average molecular weight is 597 g/mol. The smallest absolute Gasteiger partial charge is 0.0355 e. The van der Waals surface area contributed by atoms with Gasteiger partial charge in [-0.1, -0.05) is 97.1 Å². The Hall–Kier alpha value is -4.76. The Morgan fingerprint density at radius 3 is 1.34 bits per heavy atom. The maximum atomic E-state index is 2.43. The minimum absolute atomic E-state index is 1.06. The standard InChI is InChI=1S/C42H28S2/c1-3-8-27(9-4-1)31-14-18-39-35(23-31)37-25-33(16-20-41(37)43-39)29-12-7-13-30(22-29)34-17-21-42-38(26-34)36-24-32(15-19-40(36)44-42)28-10-5-2-6-11-28/h1-6,8-12,14-26H,7,13H2. The molecule has 0 saturated heterocycles. The lowest BCUT2D eigenvalue weighted by Gasteiger charge is -2.15. The minimum atomic E-state index is 1.06. The molecule has 208 valence electrons. The van der Waals surface area contributed by atoms with Crippen molar-refractivity contribution in [3.8, 4) is 22.3 Å². The average Bonchev–Trinajstić information content (AvgIpc) is 3.65. The number of thiophene rings is 2. The number of rotatable bonds is 4. The van der Waals surface area contributed by atoms with E-state index in [4.69, 9.17) is 0 Å². The van der Waals surface area contributed by atoms with Gasteiger partial charge in [-0.05, 0) is 106 Å². The van der Waals surface area contributed by atoms with Crippen LogP contribution in [0.1, 0.15) is 24.0 Å². The molecule has 0 amide bonds. The molecule has 8 aromatic rings. The topological polar surface area (TPSA) is 0 Å². The molecule has 0 spiro atoms. The minimum Gasteiger partial charge on any atom is -0.135 e. The summed E-state index contributed by atoms with van der Waals surface area (Å²) < 4.78 is 5.39. The third-order valence-electron chi connectivity index (χ3n) is 8.96. The molecular weight excluding hydrogens is 569 g/mol. The molecule has 0 bridgehead atoms. The van der Waals surface area contributed by atoms with Crippen LogP contribution in [0.3, 0.4) is 0 Å². The van der Waals surface area contributed by atoms with Gasteiger partial charge >= 0.3 is 0 Å². The molecular formula is C42H28S2. The molecule has 44 heavy (non-hydrogen) atoms. The summed E-state index contributed by atoms with van der Waals surface area (Å²) >= 11 is 3.78. The van der Waals surface area contributed by atoms with Crippen molar-refractivity contribution in [3.63, 3.8) is 0 Å². The second kappa shape index (κ2) is 10.4. The van der Waals surface area contributed by atoms with Crippen molar-refractivity contribution in [2.45, 2.75) is 12.8 Å². The molecule has 0 fully saturated rings. The SMILES string of the molecule is C1=C(c2ccc3sc4ccc(-c5ccccc5)cc4c3c2)C=C(c2ccc3sc4ccc(-c5ccccc5)cc4c3c2)CC1. The van der Waals surface area contributed by atoms with Crippen molar-refractivity contribution in [3.05, 3.63) is 157 Å². The van der Waals surface area contributed by atoms with Crippen LogP contribution >= 0.6 is 22.7 Å². The summed E-state index contributed by atoms with van der Waals surface area (Å²) in [6, 6.07) is 49.3. The zero-order valence-electron chi connectivity index (χ0n) is 24.1. The fourth-order valence-electron chi connectivity index (χ4n) is 6.69. The molecule has 1 aliphatic rings. The van der Waals surface area contributed by atoms with Gasteiger partial charge in [0.2, 0.25) is 0 Å². The molecule has 0 atom stereocenters. The van der Waals surface area contributed by atoms with E-state index in [9.17, 15) is 0 Å². The van der Waals surface area contributed by atoms with E-state index in [0.717, 1.165) is 12.8 Å². The van der Waals surface area contributed by atoms with Crippen LogP contribution < -0.4 is 0 Å². The Kier molecular flexibility index (Phi) is 6.11. The first-order valence-electron chi connectivity index (χ1n) is 15.2. The summed E-state index contributed by atoms with van der Waals surface area (Å²) in [4.78, 5) is 0. The van der Waals surface area contributed by atoms with Gasteiger partial charge in [0.1, 0.15) is 0 Å². The summed E-state index contributed by atoms with van der Waals surface area (Å²) in [5.74, 6) is 0. The fraction of sp³-hybridized carbons (Fsp3) is 0.0476. The van der Waals surface area contributed by atoms with Gasteiger partial charge < -0.3 is 0 Å². The molecule has 2 heteroatoms. The van der Waals surface area contributed by atoms with Gasteiger partial charge in [0.25, 0.3) is 0 Å². The number of hydrogen-bond donors (Lipinski definition) is 0. The highest BCUT2D eigenvalue weighted by molar-refractivity contribution is 7.26. The normalized spacial score (nSPS) is 13.5. The van der Waals surface area contributed by atoms with Crippen LogP contribution in [0.4, 0.5) is 0 Å². The molecule has 0 unspecified atom stereocenters. The molecule has 1 aliphatic carbocycles.